The van der Waals surface area contributed by atoms with Gasteiger partial charge in [0.15, 0.2) is 24.0 Å². The summed E-state index contributed by atoms with van der Waals surface area (Å²) in [6.07, 6.45) is 4.25. The molecule has 1 amide bonds. The molecule has 0 aliphatic heterocycles. The van der Waals surface area contributed by atoms with Gasteiger partial charge in [-0.25, -0.2) is 36.6 Å². The maximum Gasteiger partial charge on any atom is 0.276 e. The van der Waals surface area contributed by atoms with Gasteiger partial charge in [0.05, 0.1) is 4.90 Å². The normalized spacial score (nSPS) is 11.1. The van der Waals surface area contributed by atoms with Crippen LogP contribution >= 0.6 is 0 Å². The highest BCUT2D eigenvalue weighted by atomic mass is 32.2. The minimum absolute atomic E-state index is 0.0442. The Labute approximate surface area is 192 Å². The molecule has 2 heterocycles. The molecule has 4 aromatic rings. The van der Waals surface area contributed by atoms with Gasteiger partial charge in [-0.05, 0) is 48.5 Å². The van der Waals surface area contributed by atoms with E-state index in [0.717, 1.165) is 12.1 Å². The van der Waals surface area contributed by atoms with E-state index in [4.69, 9.17) is 4.74 Å². The van der Waals surface area contributed by atoms with Crippen LogP contribution in [0.4, 0.5) is 20.4 Å². The summed E-state index contributed by atoms with van der Waals surface area (Å²) < 4.78 is 60.2. The molecule has 0 radical (unpaired) electrons. The summed E-state index contributed by atoms with van der Waals surface area (Å²) in [5, 5.41) is 6.63. The molecule has 0 aliphatic carbocycles. The number of carbonyl (C=O) groups excluding carboxylic acids is 1. The second-order valence-corrected chi connectivity index (χ2v) is 8.43. The van der Waals surface area contributed by atoms with Gasteiger partial charge < -0.3 is 10.1 Å². The van der Waals surface area contributed by atoms with Gasteiger partial charge >= 0.3 is 0 Å². The van der Waals surface area contributed by atoms with Crippen molar-refractivity contribution in [2.45, 2.75) is 11.6 Å². The Balaban J connectivity index is 1.36. The lowest BCUT2D eigenvalue weighted by atomic mass is 10.3. The molecule has 174 valence electrons. The standard InChI is InChI=1S/C21H16F2N6O4S/c22-14-2-7-19(17(23)12-14)33-13-29-11-8-18(27-29)20(30)26-15-3-5-16(6-4-15)34(31,32)28-21-24-9-1-10-25-21/h1-12H,13H2,(H,26,30)(H,24,25,28). The Kier molecular flexibility index (Phi) is 6.45. The molecular weight excluding hydrogens is 470 g/mol. The van der Waals surface area contributed by atoms with E-state index in [-0.39, 0.29) is 29.0 Å². The number of hydrogen-bond donors (Lipinski definition) is 2. The zero-order chi connectivity index (χ0) is 24.1. The van der Waals surface area contributed by atoms with Gasteiger partial charge in [0.1, 0.15) is 5.82 Å². The van der Waals surface area contributed by atoms with E-state index in [2.05, 4.69) is 25.1 Å². The lowest BCUT2D eigenvalue weighted by Gasteiger charge is -2.08. The maximum atomic E-state index is 13.6. The van der Waals surface area contributed by atoms with E-state index in [1.807, 2.05) is 0 Å². The average Bonchev–Trinajstić information content (AvgIpc) is 3.29. The summed E-state index contributed by atoms with van der Waals surface area (Å²) in [4.78, 5) is 20.0. The first-order chi connectivity index (χ1) is 16.3. The fourth-order valence-electron chi connectivity index (χ4n) is 2.73. The van der Waals surface area contributed by atoms with Crippen LogP contribution in [0.25, 0.3) is 0 Å². The highest BCUT2D eigenvalue weighted by molar-refractivity contribution is 7.92. The minimum atomic E-state index is -3.91. The highest BCUT2D eigenvalue weighted by Crippen LogP contribution is 2.19. The molecule has 0 aliphatic rings. The summed E-state index contributed by atoms with van der Waals surface area (Å²) >= 11 is 0. The first-order valence-corrected chi connectivity index (χ1v) is 11.1. The molecule has 2 aromatic carbocycles. The van der Waals surface area contributed by atoms with E-state index in [0.29, 0.717) is 11.8 Å². The van der Waals surface area contributed by atoms with E-state index in [1.54, 1.807) is 6.07 Å². The van der Waals surface area contributed by atoms with Crippen molar-refractivity contribution in [3.05, 3.63) is 90.5 Å². The van der Waals surface area contributed by atoms with Crippen molar-refractivity contribution in [1.82, 2.24) is 19.7 Å². The molecule has 0 fully saturated rings. The number of nitrogens with zero attached hydrogens (tertiary/aromatic N) is 4. The van der Waals surface area contributed by atoms with Gasteiger partial charge in [-0.3, -0.25) is 4.79 Å². The number of carbonyl (C=O) groups is 1. The van der Waals surface area contributed by atoms with Crippen LogP contribution < -0.4 is 14.8 Å². The molecule has 13 heteroatoms. The Morgan fingerprint density at radius 3 is 2.47 bits per heavy atom. The number of halogens is 2. The van der Waals surface area contributed by atoms with Crippen LogP contribution in [0, 0.1) is 11.6 Å². The fraction of sp³-hybridized carbons (Fsp3) is 0.0476. The van der Waals surface area contributed by atoms with Crippen molar-refractivity contribution >= 4 is 27.6 Å². The molecule has 0 unspecified atom stereocenters. The summed E-state index contributed by atoms with van der Waals surface area (Å²) in [5.74, 6) is -2.37. The molecule has 0 spiro atoms. The monoisotopic (exact) mass is 486 g/mol. The minimum Gasteiger partial charge on any atom is -0.468 e. The molecular formula is C21H16F2N6O4S. The Morgan fingerprint density at radius 1 is 1.03 bits per heavy atom. The number of anilines is 2. The number of ether oxygens (including phenoxy) is 1. The van der Waals surface area contributed by atoms with E-state index < -0.39 is 27.6 Å². The van der Waals surface area contributed by atoms with E-state index in [1.165, 1.54) is 53.6 Å². The summed E-state index contributed by atoms with van der Waals surface area (Å²) in [6.45, 7) is -0.208. The zero-order valence-corrected chi connectivity index (χ0v) is 18.0. The van der Waals surface area contributed by atoms with Crippen molar-refractivity contribution in [1.29, 1.82) is 0 Å². The summed E-state index contributed by atoms with van der Waals surface area (Å²) in [7, 11) is -3.91. The predicted molar refractivity (Wildman–Crippen MR) is 116 cm³/mol. The van der Waals surface area contributed by atoms with Crippen LogP contribution in [0.5, 0.6) is 5.75 Å². The third-order valence-corrected chi connectivity index (χ3v) is 5.68. The average molecular weight is 486 g/mol. The molecule has 0 saturated carbocycles. The Hall–Kier alpha value is -4.39. The molecule has 0 atom stereocenters. The number of aromatic nitrogens is 4. The maximum absolute atomic E-state index is 13.6. The molecule has 2 aromatic heterocycles. The number of hydrogen-bond acceptors (Lipinski definition) is 7. The molecule has 4 rings (SSSR count). The van der Waals surface area contributed by atoms with Gasteiger partial charge in [0.25, 0.3) is 15.9 Å². The third-order valence-electron chi connectivity index (χ3n) is 4.33. The molecule has 34 heavy (non-hydrogen) atoms. The quantitative estimate of drug-likeness (QED) is 0.392. The number of benzene rings is 2. The van der Waals surface area contributed by atoms with Gasteiger partial charge in [0, 0.05) is 30.3 Å². The first kappa shape index (κ1) is 22.8. The largest absolute Gasteiger partial charge is 0.468 e. The number of nitrogens with one attached hydrogen (secondary N) is 2. The second kappa shape index (κ2) is 9.62. The number of amides is 1. The van der Waals surface area contributed by atoms with Gasteiger partial charge in [-0.15, -0.1) is 0 Å². The second-order valence-electron chi connectivity index (χ2n) is 6.75. The first-order valence-electron chi connectivity index (χ1n) is 9.63. The van der Waals surface area contributed by atoms with Crippen LogP contribution in [0.1, 0.15) is 10.5 Å². The van der Waals surface area contributed by atoms with Crippen LogP contribution in [0.3, 0.4) is 0 Å². The van der Waals surface area contributed by atoms with Crippen molar-refractivity contribution < 1.29 is 26.7 Å². The van der Waals surface area contributed by atoms with Crippen molar-refractivity contribution in [3.63, 3.8) is 0 Å². The van der Waals surface area contributed by atoms with Crippen LogP contribution in [0.15, 0.2) is 78.1 Å². The Bertz CT molecular complexity index is 1410. The van der Waals surface area contributed by atoms with Gasteiger partial charge in [0.2, 0.25) is 5.95 Å². The van der Waals surface area contributed by atoms with Crippen molar-refractivity contribution in [2.75, 3.05) is 10.0 Å². The molecule has 0 saturated heterocycles. The van der Waals surface area contributed by atoms with Gasteiger partial charge in [-0.1, -0.05) is 0 Å². The summed E-state index contributed by atoms with van der Waals surface area (Å²) in [5.41, 5.74) is 0.377. The van der Waals surface area contributed by atoms with Crippen molar-refractivity contribution in [3.8, 4) is 5.75 Å². The highest BCUT2D eigenvalue weighted by Gasteiger charge is 2.16. The molecule has 0 bridgehead atoms. The Morgan fingerprint density at radius 2 is 1.76 bits per heavy atom. The van der Waals surface area contributed by atoms with Crippen LogP contribution in [0.2, 0.25) is 0 Å². The smallest absolute Gasteiger partial charge is 0.276 e. The lowest BCUT2D eigenvalue weighted by molar-refractivity contribution is 0.102. The fourth-order valence-corrected chi connectivity index (χ4v) is 3.68. The topological polar surface area (TPSA) is 128 Å². The van der Waals surface area contributed by atoms with E-state index >= 15 is 0 Å². The third kappa shape index (κ3) is 5.50. The van der Waals surface area contributed by atoms with Crippen molar-refractivity contribution in [2.24, 2.45) is 0 Å². The van der Waals surface area contributed by atoms with Crippen LogP contribution in [-0.2, 0) is 16.8 Å². The van der Waals surface area contributed by atoms with Crippen LogP contribution in [-0.4, -0.2) is 34.1 Å². The van der Waals surface area contributed by atoms with E-state index in [9.17, 15) is 22.0 Å². The SMILES string of the molecule is O=C(Nc1ccc(S(=O)(=O)Nc2ncccn2)cc1)c1ccn(COc2ccc(F)cc2F)n1. The number of rotatable bonds is 8. The molecule has 10 nitrogen and oxygen atoms in total. The number of sulfonamides is 1. The zero-order valence-electron chi connectivity index (χ0n) is 17.2. The molecule has 2 N–H and O–H groups in total. The summed E-state index contributed by atoms with van der Waals surface area (Å²) in [6, 6.07) is 11.3. The van der Waals surface area contributed by atoms with Gasteiger partial charge in [-0.2, -0.15) is 5.10 Å². The lowest BCUT2D eigenvalue weighted by Crippen LogP contribution is -2.16. The predicted octanol–water partition coefficient (Wildman–Crippen LogP) is 3.04.